The van der Waals surface area contributed by atoms with Crippen LogP contribution in [0, 0.1) is 6.92 Å². The van der Waals surface area contributed by atoms with Gasteiger partial charge in [-0.05, 0) is 18.6 Å². The molecular weight excluding hydrogens is 136 g/mol. The molecule has 0 saturated heterocycles. The van der Waals surface area contributed by atoms with Crippen LogP contribution in [0.25, 0.3) is 0 Å². The van der Waals surface area contributed by atoms with E-state index >= 15 is 0 Å². The van der Waals surface area contributed by atoms with Crippen LogP contribution in [0.15, 0.2) is 31.0 Å². The van der Waals surface area contributed by atoms with Crippen molar-refractivity contribution >= 4 is 0 Å². The van der Waals surface area contributed by atoms with Crippen LogP contribution in [0.1, 0.15) is 17.3 Å². The van der Waals surface area contributed by atoms with Crippen LogP contribution in [-0.4, -0.2) is 4.98 Å². The summed E-state index contributed by atoms with van der Waals surface area (Å²) in [5, 5.41) is 0. The summed E-state index contributed by atoms with van der Waals surface area (Å²) in [6.45, 7) is 5.55. The molecule has 0 aromatic carbocycles. The lowest BCUT2D eigenvalue weighted by Crippen LogP contribution is -2.06. The van der Waals surface area contributed by atoms with E-state index in [1.807, 2.05) is 19.1 Å². The highest BCUT2D eigenvalue weighted by molar-refractivity contribution is 5.19. The number of rotatable bonds is 2. The molecule has 0 aliphatic carbocycles. The molecular formula is C9H12N2. The van der Waals surface area contributed by atoms with Crippen LogP contribution >= 0.6 is 0 Å². The third-order valence-corrected chi connectivity index (χ3v) is 1.57. The van der Waals surface area contributed by atoms with Crippen LogP contribution < -0.4 is 5.73 Å². The Labute approximate surface area is 66.8 Å². The van der Waals surface area contributed by atoms with Crippen molar-refractivity contribution in [1.29, 1.82) is 0 Å². The van der Waals surface area contributed by atoms with Gasteiger partial charge in [-0.2, -0.15) is 0 Å². The number of nitrogens with two attached hydrogens (primary N) is 1. The standard InChI is InChI=1S/C9H12N2/c1-3-9(10)8-5-4-7(2)11-6-8/h3-6,9H,1,10H2,2H3/t9-/m0/s1. The fourth-order valence-corrected chi connectivity index (χ4v) is 0.813. The SMILES string of the molecule is C=C[C@H](N)c1ccc(C)nc1. The molecule has 58 valence electrons. The van der Waals surface area contributed by atoms with Crippen LogP contribution in [0.2, 0.25) is 0 Å². The van der Waals surface area contributed by atoms with Crippen molar-refractivity contribution in [2.24, 2.45) is 5.73 Å². The van der Waals surface area contributed by atoms with Crippen molar-refractivity contribution in [3.05, 3.63) is 42.2 Å². The Bertz CT molecular complexity index is 238. The van der Waals surface area contributed by atoms with E-state index in [1.165, 1.54) is 0 Å². The summed E-state index contributed by atoms with van der Waals surface area (Å²) in [6, 6.07) is 3.82. The van der Waals surface area contributed by atoms with Gasteiger partial charge in [-0.15, -0.1) is 6.58 Å². The molecule has 11 heavy (non-hydrogen) atoms. The average molecular weight is 148 g/mol. The summed E-state index contributed by atoms with van der Waals surface area (Å²) in [6.07, 6.45) is 3.48. The van der Waals surface area contributed by atoms with Gasteiger partial charge in [0.15, 0.2) is 0 Å². The quantitative estimate of drug-likeness (QED) is 0.646. The van der Waals surface area contributed by atoms with Crippen molar-refractivity contribution in [3.8, 4) is 0 Å². The number of aromatic nitrogens is 1. The number of aryl methyl sites for hydroxylation is 1. The zero-order chi connectivity index (χ0) is 8.27. The summed E-state index contributed by atoms with van der Waals surface area (Å²) in [7, 11) is 0. The molecule has 1 heterocycles. The molecule has 1 atom stereocenters. The average Bonchev–Trinajstić information content (AvgIpc) is 2.05. The molecule has 1 aromatic rings. The molecule has 2 nitrogen and oxygen atoms in total. The molecule has 1 rings (SSSR count). The third-order valence-electron chi connectivity index (χ3n) is 1.57. The lowest BCUT2D eigenvalue weighted by molar-refractivity contribution is 0.900. The number of hydrogen-bond acceptors (Lipinski definition) is 2. The first-order valence-corrected chi connectivity index (χ1v) is 3.54. The predicted molar refractivity (Wildman–Crippen MR) is 46.1 cm³/mol. The van der Waals surface area contributed by atoms with E-state index in [9.17, 15) is 0 Å². The number of nitrogens with zero attached hydrogens (tertiary/aromatic N) is 1. The largest absolute Gasteiger partial charge is 0.321 e. The van der Waals surface area contributed by atoms with Crippen molar-refractivity contribution in [1.82, 2.24) is 4.98 Å². The van der Waals surface area contributed by atoms with Gasteiger partial charge in [-0.3, -0.25) is 4.98 Å². The monoisotopic (exact) mass is 148 g/mol. The van der Waals surface area contributed by atoms with E-state index in [1.54, 1.807) is 12.3 Å². The molecule has 0 aliphatic heterocycles. The second-order valence-electron chi connectivity index (χ2n) is 2.49. The molecule has 2 N–H and O–H groups in total. The summed E-state index contributed by atoms with van der Waals surface area (Å²) in [5.41, 5.74) is 7.70. The first-order valence-electron chi connectivity index (χ1n) is 3.54. The lowest BCUT2D eigenvalue weighted by atomic mass is 10.1. The lowest BCUT2D eigenvalue weighted by Gasteiger charge is -2.04. The molecule has 0 aliphatic rings. The van der Waals surface area contributed by atoms with Gasteiger partial charge in [0.1, 0.15) is 0 Å². The Kier molecular flexibility index (Phi) is 2.39. The predicted octanol–water partition coefficient (Wildman–Crippen LogP) is 1.58. The van der Waals surface area contributed by atoms with E-state index in [4.69, 9.17) is 5.73 Å². The number of pyridine rings is 1. The molecule has 2 heteroatoms. The second-order valence-corrected chi connectivity index (χ2v) is 2.49. The van der Waals surface area contributed by atoms with Gasteiger partial charge in [0, 0.05) is 17.9 Å². The van der Waals surface area contributed by atoms with Crippen molar-refractivity contribution in [2.75, 3.05) is 0 Å². The van der Waals surface area contributed by atoms with Crippen LogP contribution in [-0.2, 0) is 0 Å². The molecule has 0 radical (unpaired) electrons. The van der Waals surface area contributed by atoms with E-state index in [0.717, 1.165) is 11.3 Å². The van der Waals surface area contributed by atoms with Crippen LogP contribution in [0.4, 0.5) is 0 Å². The zero-order valence-corrected chi connectivity index (χ0v) is 6.62. The number of hydrogen-bond donors (Lipinski definition) is 1. The maximum Gasteiger partial charge on any atom is 0.0493 e. The molecule has 0 unspecified atom stereocenters. The van der Waals surface area contributed by atoms with Gasteiger partial charge in [0.25, 0.3) is 0 Å². The minimum atomic E-state index is -0.0944. The summed E-state index contributed by atoms with van der Waals surface area (Å²) in [5.74, 6) is 0. The fourth-order valence-electron chi connectivity index (χ4n) is 0.813. The Morgan fingerprint density at radius 2 is 2.36 bits per heavy atom. The molecule has 1 aromatic heterocycles. The molecule has 0 bridgehead atoms. The first-order chi connectivity index (χ1) is 5.24. The summed E-state index contributed by atoms with van der Waals surface area (Å²) >= 11 is 0. The zero-order valence-electron chi connectivity index (χ0n) is 6.62. The smallest absolute Gasteiger partial charge is 0.0493 e. The van der Waals surface area contributed by atoms with Gasteiger partial charge in [-0.1, -0.05) is 12.1 Å². The Morgan fingerprint density at radius 1 is 1.64 bits per heavy atom. The van der Waals surface area contributed by atoms with Gasteiger partial charge >= 0.3 is 0 Å². The van der Waals surface area contributed by atoms with E-state index in [-0.39, 0.29) is 6.04 Å². The third kappa shape index (κ3) is 1.88. The Balaban J connectivity index is 2.89. The van der Waals surface area contributed by atoms with Crippen molar-refractivity contribution < 1.29 is 0 Å². The minimum Gasteiger partial charge on any atom is -0.321 e. The highest BCUT2D eigenvalue weighted by Crippen LogP contribution is 2.08. The van der Waals surface area contributed by atoms with Gasteiger partial charge in [0.2, 0.25) is 0 Å². The Hall–Kier alpha value is -1.15. The van der Waals surface area contributed by atoms with Gasteiger partial charge < -0.3 is 5.73 Å². The normalized spacial score (nSPS) is 12.5. The minimum absolute atomic E-state index is 0.0944. The highest BCUT2D eigenvalue weighted by Gasteiger charge is 1.99. The van der Waals surface area contributed by atoms with Gasteiger partial charge in [0.05, 0.1) is 0 Å². The van der Waals surface area contributed by atoms with Crippen LogP contribution in [0.3, 0.4) is 0 Å². The Morgan fingerprint density at radius 3 is 2.82 bits per heavy atom. The van der Waals surface area contributed by atoms with Crippen molar-refractivity contribution in [3.63, 3.8) is 0 Å². The van der Waals surface area contributed by atoms with E-state index in [2.05, 4.69) is 11.6 Å². The van der Waals surface area contributed by atoms with Crippen molar-refractivity contribution in [2.45, 2.75) is 13.0 Å². The highest BCUT2D eigenvalue weighted by atomic mass is 14.7. The van der Waals surface area contributed by atoms with E-state index < -0.39 is 0 Å². The maximum absolute atomic E-state index is 5.69. The molecule has 0 amide bonds. The second kappa shape index (κ2) is 3.30. The summed E-state index contributed by atoms with van der Waals surface area (Å²) in [4.78, 5) is 4.12. The topological polar surface area (TPSA) is 38.9 Å². The van der Waals surface area contributed by atoms with E-state index in [0.29, 0.717) is 0 Å². The molecule has 0 saturated carbocycles. The molecule has 0 spiro atoms. The first kappa shape index (κ1) is 7.95. The van der Waals surface area contributed by atoms with Gasteiger partial charge in [-0.25, -0.2) is 0 Å². The fraction of sp³-hybridized carbons (Fsp3) is 0.222. The van der Waals surface area contributed by atoms with Crippen LogP contribution in [0.5, 0.6) is 0 Å². The molecule has 0 fully saturated rings. The maximum atomic E-state index is 5.69. The summed E-state index contributed by atoms with van der Waals surface area (Å²) < 4.78 is 0.